The highest BCUT2D eigenvalue weighted by Gasteiger charge is 2.58. The Hall–Kier alpha value is -4.54. The molecule has 0 aliphatic carbocycles. The van der Waals surface area contributed by atoms with Crippen molar-refractivity contribution in [2.45, 2.75) is 12.5 Å². The number of esters is 2. The van der Waals surface area contributed by atoms with Gasteiger partial charge in [-0.05, 0) is 12.1 Å². The Kier molecular flexibility index (Phi) is 4.37. The molecule has 0 saturated carbocycles. The van der Waals surface area contributed by atoms with Crippen LogP contribution in [-0.2, 0) is 15.1 Å². The molecule has 5 rings (SSSR count). The Morgan fingerprint density at radius 2 is 1.85 bits per heavy atom. The molecule has 2 aliphatic heterocycles. The van der Waals surface area contributed by atoms with E-state index in [2.05, 4.69) is 5.32 Å². The number of nitrogens with one attached hydrogen (secondary N) is 1. The molecular weight excluding hydrogens is 454 g/mol. The lowest BCUT2D eigenvalue weighted by Crippen LogP contribution is -2.35. The summed E-state index contributed by atoms with van der Waals surface area (Å²) in [6.07, 6.45) is 0. The van der Waals surface area contributed by atoms with Gasteiger partial charge in [0.2, 0.25) is 5.82 Å². The third kappa shape index (κ3) is 2.51. The largest absolute Gasteiger partial charge is 0.503 e. The molecule has 0 fully saturated rings. The number of phenolic OH excluding ortho intramolecular Hbond substituents is 2. The maximum Gasteiger partial charge on any atom is 0.340 e. The molecule has 0 radical (unpaired) electrons. The molecule has 1 unspecified atom stereocenters. The van der Waals surface area contributed by atoms with Crippen LogP contribution in [0.1, 0.15) is 34.0 Å². The number of carbonyl (C=O) groups excluding carboxylic acids is 2. The number of aromatic hydroxyl groups is 2. The lowest BCUT2D eigenvalue weighted by molar-refractivity contribution is -0.132. The number of carbonyl (C=O) groups is 2. The molecule has 3 aromatic rings. The molecule has 11 heteroatoms. The fourth-order valence-electron chi connectivity index (χ4n) is 4.41. The highest BCUT2D eigenvalue weighted by Crippen LogP contribution is 2.64. The summed E-state index contributed by atoms with van der Waals surface area (Å²) >= 11 is 0. The monoisotopic (exact) mass is 470 g/mol. The van der Waals surface area contributed by atoms with Crippen molar-refractivity contribution < 1.29 is 42.8 Å². The molecule has 3 aromatic carbocycles. The van der Waals surface area contributed by atoms with Gasteiger partial charge in [-0.2, -0.15) is 4.39 Å². The molecule has 2 aliphatic rings. The van der Waals surface area contributed by atoms with Crippen LogP contribution in [0.25, 0.3) is 0 Å². The first kappa shape index (κ1) is 21.3. The standard InChI is InChI=1S/C23H16F2N2O7/c1-8(28)32-20-13-21(15(26)18(30)14(20)25)33-19-11(7-12(24)17(29)16(19)27-2)23(13)10-6-4-3-5-9(10)22(31)34-23/h3-7,27,29-30H,26H2,1-2H3. The zero-order chi connectivity index (χ0) is 24.5. The SMILES string of the molecule is CNc1c(O)c(F)cc2c1Oc1c(N)c(O)c(F)c(OC(C)=O)c1C21OC(=O)c2ccccc21. The number of fused-ring (bicyclic) bond motifs is 6. The first-order valence-electron chi connectivity index (χ1n) is 9.90. The van der Waals surface area contributed by atoms with Crippen molar-refractivity contribution in [1.29, 1.82) is 0 Å². The quantitative estimate of drug-likeness (QED) is 0.192. The Balaban J connectivity index is 2.03. The molecule has 0 saturated heterocycles. The maximum atomic E-state index is 15.3. The van der Waals surface area contributed by atoms with E-state index in [1.807, 2.05) is 0 Å². The first-order valence-corrected chi connectivity index (χ1v) is 9.90. The van der Waals surface area contributed by atoms with E-state index in [4.69, 9.17) is 19.9 Å². The van der Waals surface area contributed by atoms with Crippen molar-refractivity contribution in [3.05, 3.63) is 64.2 Å². The number of nitrogens with two attached hydrogens (primary N) is 1. The Labute approximate surface area is 190 Å². The van der Waals surface area contributed by atoms with Crippen LogP contribution < -0.4 is 20.5 Å². The Bertz CT molecular complexity index is 1440. The summed E-state index contributed by atoms with van der Waals surface area (Å²) in [4.78, 5) is 24.8. The van der Waals surface area contributed by atoms with Gasteiger partial charge in [0.05, 0.1) is 16.7 Å². The molecule has 2 heterocycles. The fraction of sp³-hybridized carbons (Fsp3) is 0.130. The average Bonchev–Trinajstić information content (AvgIpc) is 3.10. The van der Waals surface area contributed by atoms with Crippen LogP contribution >= 0.6 is 0 Å². The van der Waals surface area contributed by atoms with E-state index in [-0.39, 0.29) is 33.7 Å². The lowest BCUT2D eigenvalue weighted by Gasteiger charge is -2.38. The normalized spacial score (nSPS) is 17.4. The van der Waals surface area contributed by atoms with Gasteiger partial charge >= 0.3 is 11.9 Å². The number of nitrogen functional groups attached to an aromatic ring is 1. The number of anilines is 2. The summed E-state index contributed by atoms with van der Waals surface area (Å²) in [6.45, 7) is 0.995. The fourth-order valence-corrected chi connectivity index (χ4v) is 4.41. The molecule has 0 bridgehead atoms. The third-order valence-corrected chi connectivity index (χ3v) is 5.77. The third-order valence-electron chi connectivity index (χ3n) is 5.77. The van der Waals surface area contributed by atoms with Gasteiger partial charge in [-0.15, -0.1) is 0 Å². The van der Waals surface area contributed by atoms with Gasteiger partial charge in [0.25, 0.3) is 0 Å². The van der Waals surface area contributed by atoms with Crippen LogP contribution in [0.4, 0.5) is 20.2 Å². The van der Waals surface area contributed by atoms with Crippen molar-refractivity contribution in [2.24, 2.45) is 0 Å². The van der Waals surface area contributed by atoms with Crippen LogP contribution in [0.15, 0.2) is 30.3 Å². The maximum absolute atomic E-state index is 15.3. The second kappa shape index (κ2) is 6.98. The summed E-state index contributed by atoms with van der Waals surface area (Å²) < 4.78 is 46.8. The van der Waals surface area contributed by atoms with Crippen LogP contribution in [0.5, 0.6) is 28.7 Å². The summed E-state index contributed by atoms with van der Waals surface area (Å²) in [5.41, 5.74) is 2.75. The molecule has 5 N–H and O–H groups in total. The molecular formula is C23H16F2N2O7. The van der Waals surface area contributed by atoms with Gasteiger partial charge in [0.15, 0.2) is 40.2 Å². The second-order valence-electron chi connectivity index (χ2n) is 7.63. The minimum atomic E-state index is -2.11. The smallest absolute Gasteiger partial charge is 0.340 e. The molecule has 34 heavy (non-hydrogen) atoms. The molecule has 9 nitrogen and oxygen atoms in total. The van der Waals surface area contributed by atoms with Gasteiger partial charge in [-0.3, -0.25) is 4.79 Å². The van der Waals surface area contributed by atoms with Gasteiger partial charge in [-0.25, -0.2) is 9.18 Å². The van der Waals surface area contributed by atoms with E-state index in [1.165, 1.54) is 19.2 Å². The topological polar surface area (TPSA) is 140 Å². The van der Waals surface area contributed by atoms with Gasteiger partial charge in [0, 0.05) is 19.5 Å². The highest BCUT2D eigenvalue weighted by atomic mass is 19.1. The molecule has 0 aromatic heterocycles. The summed E-state index contributed by atoms with van der Waals surface area (Å²) in [5.74, 6) is -7.62. The zero-order valence-electron chi connectivity index (χ0n) is 17.7. The lowest BCUT2D eigenvalue weighted by atomic mass is 9.76. The van der Waals surface area contributed by atoms with E-state index < -0.39 is 57.9 Å². The number of halogens is 2. The van der Waals surface area contributed by atoms with Crippen LogP contribution in [0.3, 0.4) is 0 Å². The molecule has 1 spiro atoms. The minimum Gasteiger partial charge on any atom is -0.503 e. The van der Waals surface area contributed by atoms with E-state index in [0.29, 0.717) is 0 Å². The van der Waals surface area contributed by atoms with Crippen molar-refractivity contribution >= 4 is 23.3 Å². The molecule has 174 valence electrons. The number of hydrogen-bond acceptors (Lipinski definition) is 9. The summed E-state index contributed by atoms with van der Waals surface area (Å²) in [7, 11) is 1.38. The van der Waals surface area contributed by atoms with Crippen LogP contribution in [0.2, 0.25) is 0 Å². The van der Waals surface area contributed by atoms with Crippen LogP contribution in [-0.4, -0.2) is 29.2 Å². The molecule has 0 amide bonds. The average molecular weight is 470 g/mol. The van der Waals surface area contributed by atoms with Crippen molar-refractivity contribution in [2.75, 3.05) is 18.1 Å². The van der Waals surface area contributed by atoms with Gasteiger partial charge in [0.1, 0.15) is 11.4 Å². The number of phenols is 2. The van der Waals surface area contributed by atoms with Gasteiger partial charge < -0.3 is 35.5 Å². The van der Waals surface area contributed by atoms with E-state index in [9.17, 15) is 24.2 Å². The van der Waals surface area contributed by atoms with E-state index in [1.54, 1.807) is 12.1 Å². The molecule has 1 atom stereocenters. The predicted molar refractivity (Wildman–Crippen MR) is 113 cm³/mol. The van der Waals surface area contributed by atoms with Crippen molar-refractivity contribution in [3.8, 4) is 28.7 Å². The minimum absolute atomic E-state index is 0.0709. The number of hydrogen-bond donors (Lipinski definition) is 4. The first-order chi connectivity index (χ1) is 16.1. The van der Waals surface area contributed by atoms with Crippen molar-refractivity contribution in [3.63, 3.8) is 0 Å². The summed E-state index contributed by atoms with van der Waals surface area (Å²) in [5, 5.41) is 23.2. The predicted octanol–water partition coefficient (Wildman–Crippen LogP) is 3.49. The summed E-state index contributed by atoms with van der Waals surface area (Å²) in [6, 6.07) is 6.93. The Morgan fingerprint density at radius 3 is 2.53 bits per heavy atom. The van der Waals surface area contributed by atoms with E-state index >= 15 is 4.39 Å². The number of rotatable bonds is 2. The second-order valence-corrected chi connectivity index (χ2v) is 7.63. The van der Waals surface area contributed by atoms with Crippen molar-refractivity contribution in [1.82, 2.24) is 0 Å². The number of benzene rings is 3. The highest BCUT2D eigenvalue weighted by molar-refractivity contribution is 5.98. The van der Waals surface area contributed by atoms with Crippen LogP contribution in [0, 0.1) is 11.6 Å². The van der Waals surface area contributed by atoms with Gasteiger partial charge in [-0.1, -0.05) is 18.2 Å². The zero-order valence-corrected chi connectivity index (χ0v) is 17.7. The van der Waals surface area contributed by atoms with E-state index in [0.717, 1.165) is 13.0 Å². The number of ether oxygens (including phenoxy) is 3. The Morgan fingerprint density at radius 1 is 1.15 bits per heavy atom.